The van der Waals surface area contributed by atoms with Crippen molar-refractivity contribution in [1.29, 1.82) is 0 Å². The normalized spacial score (nSPS) is 14.9. The molecular formula is C24H24N10O. The van der Waals surface area contributed by atoms with Crippen molar-refractivity contribution in [3.05, 3.63) is 54.5 Å². The summed E-state index contributed by atoms with van der Waals surface area (Å²) >= 11 is 0. The summed E-state index contributed by atoms with van der Waals surface area (Å²) in [5.41, 5.74) is 4.84. The lowest BCUT2D eigenvalue weighted by molar-refractivity contribution is 0.479. The van der Waals surface area contributed by atoms with Crippen LogP contribution >= 0.6 is 0 Å². The van der Waals surface area contributed by atoms with Gasteiger partial charge in [-0.1, -0.05) is 5.21 Å². The second-order valence-electron chi connectivity index (χ2n) is 8.35. The molecule has 0 aliphatic carbocycles. The number of hydrogen-bond donors (Lipinski definition) is 2. The lowest BCUT2D eigenvalue weighted by atomic mass is 10.2. The molecule has 1 aliphatic rings. The summed E-state index contributed by atoms with van der Waals surface area (Å²) < 4.78 is 15.6. The lowest BCUT2D eigenvalue weighted by Gasteiger charge is -2.27. The van der Waals surface area contributed by atoms with Crippen molar-refractivity contribution in [1.82, 2.24) is 40.2 Å². The van der Waals surface area contributed by atoms with Crippen LogP contribution in [0.4, 0.5) is 17.5 Å². The molecule has 3 aromatic heterocycles. The van der Waals surface area contributed by atoms with Crippen molar-refractivity contribution < 1.29 is 6.15 Å². The highest BCUT2D eigenvalue weighted by molar-refractivity contribution is 5.87. The Labute approximate surface area is 202 Å². The maximum absolute atomic E-state index is 7.76. The summed E-state index contributed by atoms with van der Waals surface area (Å²) in [6.07, 6.45) is 3.22. The van der Waals surface area contributed by atoms with E-state index in [0.29, 0.717) is 54.7 Å². The minimum atomic E-state index is 0.601. The minimum Gasteiger partial charge on any atom is -0.457 e. The number of aryl methyl sites for hydroxylation is 2. The molecule has 35 heavy (non-hydrogen) atoms. The molecule has 0 atom stereocenters. The maximum Gasteiger partial charge on any atom is 0.226 e. The van der Waals surface area contributed by atoms with Gasteiger partial charge in [0.2, 0.25) is 5.95 Å². The largest absolute Gasteiger partial charge is 0.457 e. The molecule has 4 heterocycles. The van der Waals surface area contributed by atoms with Crippen molar-refractivity contribution in [2.45, 2.75) is 6.92 Å². The van der Waals surface area contributed by atoms with E-state index in [-0.39, 0.29) is 0 Å². The molecular weight excluding hydrogens is 444 g/mol. The highest BCUT2D eigenvalue weighted by Crippen LogP contribution is 2.30. The lowest BCUT2D eigenvalue weighted by Crippen LogP contribution is -2.44. The first-order valence-electron chi connectivity index (χ1n) is 11.8. The zero-order valence-corrected chi connectivity index (χ0v) is 19.4. The first kappa shape index (κ1) is 20.0. The van der Waals surface area contributed by atoms with Crippen LogP contribution in [-0.4, -0.2) is 61.1 Å². The molecule has 2 N–H and O–H groups in total. The molecule has 6 rings (SSSR count). The van der Waals surface area contributed by atoms with Gasteiger partial charge in [-0.05, 0) is 42.8 Å². The van der Waals surface area contributed by atoms with Gasteiger partial charge in [-0.2, -0.15) is 0 Å². The Morgan fingerprint density at radius 2 is 1.94 bits per heavy atom. The summed E-state index contributed by atoms with van der Waals surface area (Å²) in [4.78, 5) is 20.1. The molecule has 0 unspecified atom stereocenters. The Morgan fingerprint density at radius 3 is 2.80 bits per heavy atom. The molecule has 0 radical (unpaired) electrons. The fraction of sp³-hybridized carbons (Fsp3) is 0.250. The third-order valence-electron chi connectivity index (χ3n) is 5.95. The predicted octanol–water partition coefficient (Wildman–Crippen LogP) is 2.96. The van der Waals surface area contributed by atoms with E-state index in [1.165, 1.54) is 6.33 Å². The Bertz CT molecular complexity index is 1560. The first-order valence-corrected chi connectivity index (χ1v) is 11.3. The van der Waals surface area contributed by atoms with Crippen molar-refractivity contribution in [3.8, 4) is 11.5 Å². The Kier molecular flexibility index (Phi) is 5.02. The van der Waals surface area contributed by atoms with Crippen molar-refractivity contribution >= 4 is 39.5 Å². The predicted molar refractivity (Wildman–Crippen MR) is 133 cm³/mol. The van der Waals surface area contributed by atoms with E-state index >= 15 is 0 Å². The van der Waals surface area contributed by atoms with Crippen LogP contribution in [0.25, 0.3) is 22.1 Å². The third kappa shape index (κ3) is 4.17. The number of nitrogens with one attached hydrogen (secondary N) is 2. The smallest absolute Gasteiger partial charge is 0.226 e. The van der Waals surface area contributed by atoms with Crippen LogP contribution in [0.5, 0.6) is 11.5 Å². The molecule has 0 amide bonds. The second-order valence-corrected chi connectivity index (χ2v) is 8.35. The van der Waals surface area contributed by atoms with Crippen molar-refractivity contribution in [3.63, 3.8) is 0 Å². The van der Waals surface area contributed by atoms with Gasteiger partial charge in [0.25, 0.3) is 0 Å². The van der Waals surface area contributed by atoms with Crippen molar-refractivity contribution in [2.75, 3.05) is 36.4 Å². The number of benzene rings is 2. The van der Waals surface area contributed by atoms with E-state index in [0.717, 1.165) is 28.0 Å². The van der Waals surface area contributed by atoms with Gasteiger partial charge in [0.1, 0.15) is 35.8 Å². The van der Waals surface area contributed by atoms with Crippen LogP contribution in [0.1, 0.15) is 5.56 Å². The highest BCUT2D eigenvalue weighted by Gasteiger charge is 2.16. The maximum atomic E-state index is 7.76. The SMILES string of the molecule is [2H]N1CCN(c2ncc3ncnc(Nc4ccc(Oc5ccc6c(c5)nnn6C)c(C)c4)c3n2)CC1. The van der Waals surface area contributed by atoms with Gasteiger partial charge >= 0.3 is 0 Å². The number of fused-ring (bicyclic) bond motifs is 2. The molecule has 1 saturated heterocycles. The topological polar surface area (TPSA) is 119 Å². The van der Waals surface area contributed by atoms with Crippen LogP contribution in [0.15, 0.2) is 48.9 Å². The van der Waals surface area contributed by atoms with E-state index in [9.17, 15) is 0 Å². The molecule has 0 saturated carbocycles. The number of aromatic nitrogens is 7. The van der Waals surface area contributed by atoms with E-state index in [2.05, 4.69) is 35.5 Å². The molecule has 176 valence electrons. The molecule has 1 fully saturated rings. The molecule has 2 aromatic carbocycles. The molecule has 11 nitrogen and oxygen atoms in total. The summed E-state index contributed by atoms with van der Waals surface area (Å²) in [6, 6.07) is 11.6. The van der Waals surface area contributed by atoms with E-state index in [4.69, 9.17) is 11.1 Å². The van der Waals surface area contributed by atoms with Gasteiger partial charge in [0, 0.05) is 45.0 Å². The van der Waals surface area contributed by atoms with E-state index in [1.807, 2.05) is 50.4 Å². The minimum absolute atomic E-state index is 0.601. The number of piperazine rings is 1. The van der Waals surface area contributed by atoms with Gasteiger partial charge < -0.3 is 20.3 Å². The summed E-state index contributed by atoms with van der Waals surface area (Å²) in [5.74, 6) is 2.66. The second kappa shape index (κ2) is 8.76. The molecule has 11 heteroatoms. The molecule has 0 bridgehead atoms. The number of hydrogen-bond acceptors (Lipinski definition) is 10. The van der Waals surface area contributed by atoms with Gasteiger partial charge in [-0.15, -0.1) is 5.10 Å². The fourth-order valence-electron chi connectivity index (χ4n) is 4.08. The number of anilines is 3. The van der Waals surface area contributed by atoms with Gasteiger partial charge in [0.15, 0.2) is 5.82 Å². The number of rotatable bonds is 5. The van der Waals surface area contributed by atoms with Crippen LogP contribution < -0.4 is 20.3 Å². The zero-order chi connectivity index (χ0) is 24.6. The summed E-state index contributed by atoms with van der Waals surface area (Å²) in [6.45, 7) is 4.70. The standard InChI is InChI=1S/C24H24N10O/c1-15-11-16(3-6-21(15)35-17-4-5-20-18(12-17)31-32-33(20)2)29-23-22-19(27-14-28-23)13-26-24(30-22)34-9-7-25-8-10-34/h3-6,11-14,25H,7-10H2,1-2H3,(H,27,28,29)/i/hD. The Morgan fingerprint density at radius 1 is 1.06 bits per heavy atom. The first-order chi connectivity index (χ1) is 17.5. The van der Waals surface area contributed by atoms with Crippen LogP contribution in [0, 0.1) is 6.92 Å². The Hall–Kier alpha value is -4.38. The average Bonchev–Trinajstić information content (AvgIpc) is 3.26. The molecule has 0 spiro atoms. The quantitative estimate of drug-likeness (QED) is 0.398. The van der Waals surface area contributed by atoms with Gasteiger partial charge in [0.05, 0.1) is 11.7 Å². The average molecular weight is 470 g/mol. The monoisotopic (exact) mass is 469 g/mol. The third-order valence-corrected chi connectivity index (χ3v) is 5.95. The van der Waals surface area contributed by atoms with Gasteiger partial charge in [-0.3, -0.25) is 0 Å². The van der Waals surface area contributed by atoms with E-state index < -0.39 is 0 Å². The van der Waals surface area contributed by atoms with Crippen molar-refractivity contribution in [2.24, 2.45) is 7.05 Å². The fourth-order valence-corrected chi connectivity index (χ4v) is 4.08. The highest BCUT2D eigenvalue weighted by atomic mass is 16.5. The van der Waals surface area contributed by atoms with E-state index in [1.54, 1.807) is 16.2 Å². The van der Waals surface area contributed by atoms with Crippen LogP contribution in [0.3, 0.4) is 0 Å². The molecule has 1 aliphatic heterocycles. The molecule has 5 aromatic rings. The van der Waals surface area contributed by atoms with Crippen LogP contribution in [0.2, 0.25) is 1.41 Å². The van der Waals surface area contributed by atoms with Crippen LogP contribution in [-0.2, 0) is 7.05 Å². The van der Waals surface area contributed by atoms with Gasteiger partial charge in [-0.25, -0.2) is 24.6 Å². The number of nitrogens with zero attached hydrogens (tertiary/aromatic N) is 8. The Balaban J connectivity index is 1.24. The summed E-state index contributed by atoms with van der Waals surface area (Å²) in [7, 11) is 1.86. The zero-order valence-electron chi connectivity index (χ0n) is 20.4. The number of ether oxygens (including phenoxy) is 1. The summed E-state index contributed by atoms with van der Waals surface area (Å²) in [5, 5.41) is 13.1.